The number of imidazole rings is 1. The number of hydrogen-bond acceptors (Lipinski definition) is 6. The smallest absolute Gasteiger partial charge is 0.271 e. The van der Waals surface area contributed by atoms with Gasteiger partial charge >= 0.3 is 0 Å². The van der Waals surface area contributed by atoms with Crippen LogP contribution in [-0.4, -0.2) is 27.0 Å². The fourth-order valence-corrected chi connectivity index (χ4v) is 2.91. The third kappa shape index (κ3) is 4.91. The SMILES string of the molecule is O=C(N/N=C/c1ccc([N+](=O)[O-])cc1)c1ccc(CNc2nc3ccccc3[nH]2)cc1. The lowest BCUT2D eigenvalue weighted by Gasteiger charge is -2.05. The Hall–Kier alpha value is -4.53. The van der Waals surface area contributed by atoms with Gasteiger partial charge in [-0.2, -0.15) is 5.10 Å². The third-order valence-electron chi connectivity index (χ3n) is 4.55. The number of rotatable bonds is 7. The van der Waals surface area contributed by atoms with E-state index in [0.29, 0.717) is 23.6 Å². The second-order valence-corrected chi connectivity index (χ2v) is 6.70. The van der Waals surface area contributed by atoms with Gasteiger partial charge in [0.05, 0.1) is 22.2 Å². The van der Waals surface area contributed by atoms with Crippen molar-refractivity contribution in [2.45, 2.75) is 6.54 Å². The zero-order valence-corrected chi connectivity index (χ0v) is 16.3. The number of amides is 1. The minimum atomic E-state index is -0.474. The monoisotopic (exact) mass is 414 g/mol. The van der Waals surface area contributed by atoms with Crippen LogP contribution in [0.2, 0.25) is 0 Å². The molecule has 0 saturated heterocycles. The van der Waals surface area contributed by atoms with Gasteiger partial charge in [0.2, 0.25) is 5.95 Å². The van der Waals surface area contributed by atoms with Crippen molar-refractivity contribution in [2.75, 3.05) is 5.32 Å². The molecule has 1 heterocycles. The molecule has 0 saturated carbocycles. The number of H-pyrrole nitrogens is 1. The van der Waals surface area contributed by atoms with E-state index in [1.807, 2.05) is 36.4 Å². The van der Waals surface area contributed by atoms with Gasteiger partial charge in [-0.05, 0) is 47.5 Å². The molecule has 0 aliphatic rings. The number of non-ortho nitro benzene ring substituents is 1. The lowest BCUT2D eigenvalue weighted by atomic mass is 10.1. The molecule has 0 fully saturated rings. The quantitative estimate of drug-likeness (QED) is 0.241. The Labute approximate surface area is 177 Å². The summed E-state index contributed by atoms with van der Waals surface area (Å²) in [4.78, 5) is 30.1. The first-order valence-electron chi connectivity index (χ1n) is 9.44. The van der Waals surface area contributed by atoms with Gasteiger partial charge in [-0.1, -0.05) is 24.3 Å². The van der Waals surface area contributed by atoms with Crippen molar-refractivity contribution in [3.63, 3.8) is 0 Å². The maximum Gasteiger partial charge on any atom is 0.271 e. The number of nitro groups is 1. The maximum atomic E-state index is 12.2. The topological polar surface area (TPSA) is 125 Å². The molecule has 154 valence electrons. The second kappa shape index (κ2) is 8.87. The van der Waals surface area contributed by atoms with Crippen LogP contribution < -0.4 is 10.7 Å². The summed E-state index contributed by atoms with van der Waals surface area (Å²) in [5.74, 6) is 0.332. The summed E-state index contributed by atoms with van der Waals surface area (Å²) < 4.78 is 0. The van der Waals surface area contributed by atoms with E-state index in [4.69, 9.17) is 0 Å². The molecule has 3 N–H and O–H groups in total. The zero-order valence-electron chi connectivity index (χ0n) is 16.3. The normalized spacial score (nSPS) is 11.0. The molecule has 0 aliphatic carbocycles. The summed E-state index contributed by atoms with van der Waals surface area (Å²) in [5, 5.41) is 17.8. The number of hydrazone groups is 1. The molecule has 0 atom stereocenters. The van der Waals surface area contributed by atoms with E-state index in [0.717, 1.165) is 16.6 Å². The number of carbonyl (C=O) groups excluding carboxylic acids is 1. The number of nitrogens with one attached hydrogen (secondary N) is 3. The van der Waals surface area contributed by atoms with Crippen molar-refractivity contribution in [3.8, 4) is 0 Å². The summed E-state index contributed by atoms with van der Waals surface area (Å²) in [7, 11) is 0. The van der Waals surface area contributed by atoms with Crippen molar-refractivity contribution in [1.82, 2.24) is 15.4 Å². The Balaban J connectivity index is 1.30. The number of hydrogen-bond donors (Lipinski definition) is 3. The van der Waals surface area contributed by atoms with E-state index in [1.54, 1.807) is 24.3 Å². The summed E-state index contributed by atoms with van der Waals surface area (Å²) in [5.41, 5.74) is 6.39. The average molecular weight is 414 g/mol. The number of benzene rings is 3. The maximum absolute atomic E-state index is 12.2. The van der Waals surface area contributed by atoms with Crippen LogP contribution in [-0.2, 0) is 6.54 Å². The number of para-hydroxylation sites is 2. The number of fused-ring (bicyclic) bond motifs is 1. The largest absolute Gasteiger partial charge is 0.352 e. The fourth-order valence-electron chi connectivity index (χ4n) is 2.91. The highest BCUT2D eigenvalue weighted by atomic mass is 16.6. The van der Waals surface area contributed by atoms with Gasteiger partial charge in [0.1, 0.15) is 0 Å². The fraction of sp³-hybridized carbons (Fsp3) is 0.0455. The van der Waals surface area contributed by atoms with Gasteiger partial charge in [-0.15, -0.1) is 0 Å². The lowest BCUT2D eigenvalue weighted by molar-refractivity contribution is -0.384. The minimum absolute atomic E-state index is 0.00362. The van der Waals surface area contributed by atoms with Crippen LogP contribution in [0.15, 0.2) is 77.9 Å². The van der Waals surface area contributed by atoms with Crippen molar-refractivity contribution >= 4 is 34.8 Å². The number of anilines is 1. The van der Waals surface area contributed by atoms with Crippen LogP contribution in [0.1, 0.15) is 21.5 Å². The molecule has 4 rings (SSSR count). The number of nitro benzene ring substituents is 1. The Kier molecular flexibility index (Phi) is 5.66. The van der Waals surface area contributed by atoms with Gasteiger partial charge in [-0.3, -0.25) is 14.9 Å². The molecule has 9 heteroatoms. The van der Waals surface area contributed by atoms with Gasteiger partial charge in [-0.25, -0.2) is 10.4 Å². The van der Waals surface area contributed by atoms with Crippen molar-refractivity contribution in [3.05, 3.63) is 99.6 Å². The first-order valence-corrected chi connectivity index (χ1v) is 9.44. The predicted octanol–water partition coefficient (Wildman–Crippen LogP) is 3.85. The summed E-state index contributed by atoms with van der Waals surface area (Å²) >= 11 is 0. The van der Waals surface area contributed by atoms with Crippen molar-refractivity contribution in [1.29, 1.82) is 0 Å². The van der Waals surface area contributed by atoms with Crippen LogP contribution >= 0.6 is 0 Å². The first kappa shape index (κ1) is 19.8. The number of nitrogens with zero attached hydrogens (tertiary/aromatic N) is 3. The van der Waals surface area contributed by atoms with Crippen LogP contribution in [0.3, 0.4) is 0 Å². The molecule has 0 unspecified atom stereocenters. The summed E-state index contributed by atoms with van der Waals surface area (Å²) in [6.45, 7) is 0.556. The molecule has 4 aromatic rings. The van der Waals surface area contributed by atoms with Gasteiger partial charge in [0.15, 0.2) is 0 Å². The van der Waals surface area contributed by atoms with E-state index in [9.17, 15) is 14.9 Å². The average Bonchev–Trinajstić information content (AvgIpc) is 3.21. The molecule has 0 radical (unpaired) electrons. The highest BCUT2D eigenvalue weighted by molar-refractivity contribution is 5.94. The van der Waals surface area contributed by atoms with Gasteiger partial charge in [0, 0.05) is 24.2 Å². The van der Waals surface area contributed by atoms with E-state index >= 15 is 0 Å². The number of aromatic amines is 1. The molecule has 0 spiro atoms. The highest BCUT2D eigenvalue weighted by Gasteiger charge is 2.06. The minimum Gasteiger partial charge on any atom is -0.352 e. The van der Waals surface area contributed by atoms with Crippen LogP contribution in [0.4, 0.5) is 11.6 Å². The van der Waals surface area contributed by atoms with Crippen LogP contribution in [0.5, 0.6) is 0 Å². The third-order valence-corrected chi connectivity index (χ3v) is 4.55. The zero-order chi connectivity index (χ0) is 21.6. The molecule has 0 bridgehead atoms. The van der Waals surface area contributed by atoms with E-state index in [1.165, 1.54) is 18.3 Å². The van der Waals surface area contributed by atoms with Crippen LogP contribution in [0, 0.1) is 10.1 Å². The number of carbonyl (C=O) groups is 1. The second-order valence-electron chi connectivity index (χ2n) is 6.70. The standard InChI is InChI=1S/C22H18N6O3/c29-21(27-24-14-16-7-11-18(12-8-16)28(30)31)17-9-5-15(6-10-17)13-23-22-25-19-3-1-2-4-20(19)26-22/h1-12,14H,13H2,(H,27,29)(H2,23,25,26)/b24-14+. The Morgan fingerprint density at radius 3 is 2.52 bits per heavy atom. The lowest BCUT2D eigenvalue weighted by Crippen LogP contribution is -2.17. The summed E-state index contributed by atoms with van der Waals surface area (Å²) in [6.07, 6.45) is 1.42. The molecule has 31 heavy (non-hydrogen) atoms. The molecule has 3 aromatic carbocycles. The van der Waals surface area contributed by atoms with Crippen molar-refractivity contribution < 1.29 is 9.72 Å². The molecule has 9 nitrogen and oxygen atoms in total. The van der Waals surface area contributed by atoms with Gasteiger partial charge < -0.3 is 10.3 Å². The predicted molar refractivity (Wildman–Crippen MR) is 118 cm³/mol. The Bertz CT molecular complexity index is 1210. The molecular formula is C22H18N6O3. The molecule has 0 aliphatic heterocycles. The van der Waals surface area contributed by atoms with Crippen molar-refractivity contribution in [2.24, 2.45) is 5.10 Å². The highest BCUT2D eigenvalue weighted by Crippen LogP contribution is 2.14. The number of aromatic nitrogens is 2. The van der Waals surface area contributed by atoms with E-state index in [-0.39, 0.29) is 11.6 Å². The Morgan fingerprint density at radius 2 is 1.81 bits per heavy atom. The molecule has 1 amide bonds. The van der Waals surface area contributed by atoms with E-state index in [2.05, 4.69) is 25.8 Å². The van der Waals surface area contributed by atoms with Crippen LogP contribution in [0.25, 0.3) is 11.0 Å². The van der Waals surface area contributed by atoms with E-state index < -0.39 is 4.92 Å². The summed E-state index contributed by atoms with van der Waals surface area (Å²) in [6, 6.07) is 20.8. The Morgan fingerprint density at radius 1 is 1.06 bits per heavy atom. The van der Waals surface area contributed by atoms with Gasteiger partial charge in [0.25, 0.3) is 11.6 Å². The molecular weight excluding hydrogens is 396 g/mol. The first-order chi connectivity index (χ1) is 15.1. The molecule has 1 aromatic heterocycles.